The number of nitrogens with zero attached hydrogens (tertiary/aromatic N) is 1. The Labute approximate surface area is 75.3 Å². The summed E-state index contributed by atoms with van der Waals surface area (Å²) in [5, 5.41) is 0. The Balaban J connectivity index is 3.06. The average Bonchev–Trinajstić information content (AvgIpc) is 2.04. The Bertz CT molecular complexity index is 349. The average molecular weight is 213 g/mol. The van der Waals surface area contributed by atoms with Crippen molar-refractivity contribution in [3.63, 3.8) is 0 Å². The summed E-state index contributed by atoms with van der Waals surface area (Å²) in [6.07, 6.45) is -4.34. The maximum atomic E-state index is 12.7. The topological polar surface area (TPSA) is 22.1 Å². The Hall–Kier alpha value is -1.40. The second-order valence-corrected chi connectivity index (χ2v) is 2.42. The van der Waals surface area contributed by atoms with Gasteiger partial charge in [-0.15, -0.1) is 13.2 Å². The van der Waals surface area contributed by atoms with Crippen LogP contribution in [-0.2, 0) is 0 Å². The van der Waals surface area contributed by atoms with E-state index in [0.29, 0.717) is 0 Å². The highest BCUT2D eigenvalue weighted by Crippen LogP contribution is 2.25. The van der Waals surface area contributed by atoms with Gasteiger partial charge in [-0.3, -0.25) is 0 Å². The van der Waals surface area contributed by atoms with E-state index in [-0.39, 0.29) is 5.56 Å². The van der Waals surface area contributed by atoms with Crippen molar-refractivity contribution in [1.82, 2.24) is 4.98 Å². The monoisotopic (exact) mass is 213 g/mol. The molecule has 0 fully saturated rings. The molecule has 14 heavy (non-hydrogen) atoms. The van der Waals surface area contributed by atoms with E-state index in [1.165, 1.54) is 6.92 Å². The van der Waals surface area contributed by atoms with E-state index in [4.69, 9.17) is 0 Å². The van der Waals surface area contributed by atoms with Crippen LogP contribution in [0.1, 0.15) is 5.56 Å². The number of pyridine rings is 1. The predicted octanol–water partition coefficient (Wildman–Crippen LogP) is 2.57. The van der Waals surface area contributed by atoms with E-state index < -0.39 is 23.9 Å². The highest BCUT2D eigenvalue weighted by Gasteiger charge is 2.34. The number of aryl methyl sites for hydroxylation is 1. The van der Waals surface area contributed by atoms with Crippen molar-refractivity contribution in [2.45, 2.75) is 13.3 Å². The molecule has 1 heterocycles. The molecule has 0 aliphatic carbocycles. The third kappa shape index (κ3) is 2.30. The molecular weight excluding hydrogens is 209 g/mol. The summed E-state index contributed by atoms with van der Waals surface area (Å²) in [5.74, 6) is -4.57. The zero-order valence-electron chi connectivity index (χ0n) is 6.82. The van der Waals surface area contributed by atoms with Gasteiger partial charge in [0, 0.05) is 11.8 Å². The second-order valence-electron chi connectivity index (χ2n) is 2.42. The molecule has 7 heteroatoms. The lowest BCUT2D eigenvalue weighted by Crippen LogP contribution is -2.19. The standard InChI is InChI=1S/C7H4F5NO/c1-3-2-13-6(5(9)4(3)8)14-7(10,11)12/h2H,1H3. The first-order valence-corrected chi connectivity index (χ1v) is 3.37. The molecular formula is C7H4F5NO. The van der Waals surface area contributed by atoms with Crippen molar-refractivity contribution in [3.8, 4) is 5.88 Å². The third-order valence-electron chi connectivity index (χ3n) is 1.31. The molecule has 0 saturated carbocycles. The lowest BCUT2D eigenvalue weighted by molar-refractivity contribution is -0.277. The lowest BCUT2D eigenvalue weighted by Gasteiger charge is -2.08. The first-order chi connectivity index (χ1) is 6.31. The molecule has 0 saturated heterocycles. The van der Waals surface area contributed by atoms with Crippen molar-refractivity contribution < 1.29 is 26.7 Å². The molecule has 2 nitrogen and oxygen atoms in total. The van der Waals surface area contributed by atoms with E-state index >= 15 is 0 Å². The summed E-state index contributed by atoms with van der Waals surface area (Å²) in [7, 11) is 0. The predicted molar refractivity (Wildman–Crippen MR) is 35.6 cm³/mol. The van der Waals surface area contributed by atoms with Gasteiger partial charge in [0.15, 0.2) is 5.82 Å². The van der Waals surface area contributed by atoms with Crippen LogP contribution < -0.4 is 4.74 Å². The van der Waals surface area contributed by atoms with Crippen molar-refractivity contribution in [2.75, 3.05) is 0 Å². The smallest absolute Gasteiger partial charge is 0.385 e. The molecule has 0 atom stereocenters. The lowest BCUT2D eigenvalue weighted by atomic mass is 10.3. The van der Waals surface area contributed by atoms with Crippen LogP contribution in [0.15, 0.2) is 6.20 Å². The fraction of sp³-hybridized carbons (Fsp3) is 0.286. The number of hydrogen-bond donors (Lipinski definition) is 0. The van der Waals surface area contributed by atoms with Crippen LogP contribution >= 0.6 is 0 Å². The first-order valence-electron chi connectivity index (χ1n) is 3.37. The molecule has 0 unspecified atom stereocenters. The van der Waals surface area contributed by atoms with E-state index in [0.717, 1.165) is 6.20 Å². The summed E-state index contributed by atoms with van der Waals surface area (Å²) in [4.78, 5) is 2.97. The number of aromatic nitrogens is 1. The molecule has 0 aliphatic rings. The van der Waals surface area contributed by atoms with Crippen LogP contribution in [0, 0.1) is 18.6 Å². The number of hydrogen-bond acceptors (Lipinski definition) is 2. The van der Waals surface area contributed by atoms with Gasteiger partial charge in [-0.2, -0.15) is 4.39 Å². The highest BCUT2D eigenvalue weighted by molar-refractivity contribution is 5.21. The molecule has 0 amide bonds. The minimum absolute atomic E-state index is 0.197. The molecule has 0 N–H and O–H groups in total. The Morgan fingerprint density at radius 2 is 1.79 bits per heavy atom. The second kappa shape index (κ2) is 3.39. The van der Waals surface area contributed by atoms with Gasteiger partial charge in [0.2, 0.25) is 5.82 Å². The van der Waals surface area contributed by atoms with Crippen molar-refractivity contribution in [2.24, 2.45) is 0 Å². The van der Waals surface area contributed by atoms with E-state index in [2.05, 4.69) is 9.72 Å². The molecule has 78 valence electrons. The van der Waals surface area contributed by atoms with E-state index in [1.807, 2.05) is 0 Å². The SMILES string of the molecule is Cc1cnc(OC(F)(F)F)c(F)c1F. The number of rotatable bonds is 1. The molecule has 0 aliphatic heterocycles. The summed E-state index contributed by atoms with van der Waals surface area (Å²) >= 11 is 0. The largest absolute Gasteiger partial charge is 0.574 e. The summed E-state index contributed by atoms with van der Waals surface area (Å²) in [6, 6.07) is 0. The zero-order chi connectivity index (χ0) is 10.9. The van der Waals surface area contributed by atoms with Crippen LogP contribution in [0.4, 0.5) is 22.0 Å². The fourth-order valence-corrected chi connectivity index (χ4v) is 0.717. The van der Waals surface area contributed by atoms with Crippen molar-refractivity contribution in [3.05, 3.63) is 23.4 Å². The maximum absolute atomic E-state index is 12.7. The molecule has 0 aromatic carbocycles. The van der Waals surface area contributed by atoms with E-state index in [9.17, 15) is 22.0 Å². The number of alkyl halides is 3. The Morgan fingerprint density at radius 3 is 2.29 bits per heavy atom. The minimum atomic E-state index is -5.09. The quantitative estimate of drug-likeness (QED) is 0.669. The zero-order valence-corrected chi connectivity index (χ0v) is 6.82. The van der Waals surface area contributed by atoms with Crippen LogP contribution in [0.2, 0.25) is 0 Å². The van der Waals surface area contributed by atoms with Crippen LogP contribution in [-0.4, -0.2) is 11.3 Å². The van der Waals surface area contributed by atoms with Gasteiger partial charge in [0.25, 0.3) is 5.88 Å². The third-order valence-corrected chi connectivity index (χ3v) is 1.31. The summed E-state index contributed by atoms with van der Waals surface area (Å²) < 4.78 is 63.4. The van der Waals surface area contributed by atoms with Gasteiger partial charge in [-0.25, -0.2) is 9.37 Å². The van der Waals surface area contributed by atoms with Gasteiger partial charge < -0.3 is 4.74 Å². The van der Waals surface area contributed by atoms with Crippen LogP contribution in [0.3, 0.4) is 0 Å². The fourth-order valence-electron chi connectivity index (χ4n) is 0.717. The normalized spacial score (nSPS) is 11.6. The molecule has 1 rings (SSSR count). The van der Waals surface area contributed by atoms with Crippen molar-refractivity contribution >= 4 is 0 Å². The van der Waals surface area contributed by atoms with Gasteiger partial charge in [0.05, 0.1) is 0 Å². The van der Waals surface area contributed by atoms with Gasteiger partial charge >= 0.3 is 6.36 Å². The minimum Gasteiger partial charge on any atom is -0.385 e. The number of ether oxygens (including phenoxy) is 1. The maximum Gasteiger partial charge on any atom is 0.574 e. The van der Waals surface area contributed by atoms with Gasteiger partial charge in [-0.05, 0) is 6.92 Å². The first kappa shape index (κ1) is 10.7. The molecule has 0 bridgehead atoms. The van der Waals surface area contributed by atoms with E-state index in [1.54, 1.807) is 0 Å². The number of halogens is 5. The highest BCUT2D eigenvalue weighted by atomic mass is 19.4. The summed E-state index contributed by atoms with van der Waals surface area (Å²) in [6.45, 7) is 1.17. The summed E-state index contributed by atoms with van der Waals surface area (Å²) in [5.41, 5.74) is -0.197. The van der Waals surface area contributed by atoms with Crippen LogP contribution in [0.5, 0.6) is 5.88 Å². The van der Waals surface area contributed by atoms with Crippen LogP contribution in [0.25, 0.3) is 0 Å². The Morgan fingerprint density at radius 1 is 1.21 bits per heavy atom. The molecule has 0 spiro atoms. The van der Waals surface area contributed by atoms with Gasteiger partial charge in [-0.1, -0.05) is 0 Å². The Kier molecular flexibility index (Phi) is 2.59. The van der Waals surface area contributed by atoms with Gasteiger partial charge in [0.1, 0.15) is 0 Å². The van der Waals surface area contributed by atoms with Crippen molar-refractivity contribution in [1.29, 1.82) is 0 Å². The molecule has 1 aromatic rings. The molecule has 0 radical (unpaired) electrons. The molecule has 1 aromatic heterocycles.